The summed E-state index contributed by atoms with van der Waals surface area (Å²) in [4.78, 5) is 0. The fourth-order valence-electron chi connectivity index (χ4n) is 0.765. The first-order valence-corrected chi connectivity index (χ1v) is 4.27. The molecular formula is C10H21N. The summed E-state index contributed by atoms with van der Waals surface area (Å²) >= 11 is 0. The molecule has 66 valence electrons. The third-order valence-corrected chi connectivity index (χ3v) is 1.38. The molecule has 0 spiro atoms. The van der Waals surface area contributed by atoms with E-state index in [1.54, 1.807) is 0 Å². The molecule has 0 atom stereocenters. The van der Waals surface area contributed by atoms with Crippen LogP contribution in [0, 0.1) is 5.41 Å². The molecule has 0 aromatic heterocycles. The van der Waals surface area contributed by atoms with Crippen molar-refractivity contribution in [3.05, 3.63) is 12.2 Å². The van der Waals surface area contributed by atoms with Crippen molar-refractivity contribution in [2.45, 2.75) is 34.1 Å². The molecule has 0 saturated carbocycles. The standard InChI is InChI=1S/C10H21N/c1-9(2)6-7-11-8-10(3,4)5/h11H,1,6-8H2,2-5H3. The number of nitrogens with one attached hydrogen (secondary N) is 1. The minimum atomic E-state index is 0.398. The monoisotopic (exact) mass is 155 g/mol. The first-order chi connectivity index (χ1) is 4.92. The minimum Gasteiger partial charge on any atom is -0.316 e. The van der Waals surface area contributed by atoms with Crippen molar-refractivity contribution in [2.75, 3.05) is 13.1 Å². The average Bonchev–Trinajstić information content (AvgIpc) is 1.78. The predicted molar refractivity (Wildman–Crippen MR) is 51.8 cm³/mol. The second-order valence-electron chi connectivity index (χ2n) is 4.44. The van der Waals surface area contributed by atoms with Gasteiger partial charge in [-0.05, 0) is 25.3 Å². The van der Waals surface area contributed by atoms with E-state index in [4.69, 9.17) is 0 Å². The fourth-order valence-corrected chi connectivity index (χ4v) is 0.765. The maximum Gasteiger partial charge on any atom is 0.000000182 e. The molecular weight excluding hydrogens is 134 g/mol. The number of rotatable bonds is 4. The summed E-state index contributed by atoms with van der Waals surface area (Å²) in [5, 5.41) is 3.40. The van der Waals surface area contributed by atoms with Crippen molar-refractivity contribution >= 4 is 0 Å². The largest absolute Gasteiger partial charge is 0.316 e. The molecule has 0 aromatic rings. The molecule has 0 aliphatic rings. The summed E-state index contributed by atoms with van der Waals surface area (Å²) in [5.74, 6) is 0. The predicted octanol–water partition coefficient (Wildman–Crippen LogP) is 2.59. The van der Waals surface area contributed by atoms with Crippen molar-refractivity contribution in [2.24, 2.45) is 5.41 Å². The van der Waals surface area contributed by atoms with Gasteiger partial charge in [0.2, 0.25) is 0 Å². The summed E-state index contributed by atoms with van der Waals surface area (Å²) < 4.78 is 0. The Labute approximate surface area is 70.9 Å². The Kier molecular flexibility index (Phi) is 4.43. The van der Waals surface area contributed by atoms with Crippen LogP contribution >= 0.6 is 0 Å². The van der Waals surface area contributed by atoms with Crippen LogP contribution in [-0.2, 0) is 0 Å². The number of hydrogen-bond donors (Lipinski definition) is 1. The van der Waals surface area contributed by atoms with Crippen LogP contribution < -0.4 is 5.32 Å². The van der Waals surface area contributed by atoms with E-state index in [9.17, 15) is 0 Å². The molecule has 0 bridgehead atoms. The number of hydrogen-bond acceptors (Lipinski definition) is 1. The van der Waals surface area contributed by atoms with Crippen molar-refractivity contribution in [3.8, 4) is 0 Å². The van der Waals surface area contributed by atoms with Crippen LogP contribution in [-0.4, -0.2) is 13.1 Å². The molecule has 0 saturated heterocycles. The molecule has 1 heteroatoms. The lowest BCUT2D eigenvalue weighted by atomic mass is 9.97. The van der Waals surface area contributed by atoms with Gasteiger partial charge in [-0.25, -0.2) is 0 Å². The first-order valence-electron chi connectivity index (χ1n) is 4.27. The smallest absolute Gasteiger partial charge is 0.000000182 e. The van der Waals surface area contributed by atoms with Gasteiger partial charge in [0, 0.05) is 6.54 Å². The quantitative estimate of drug-likeness (QED) is 0.486. The lowest BCUT2D eigenvalue weighted by Gasteiger charge is -2.18. The molecule has 0 rings (SSSR count). The minimum absolute atomic E-state index is 0.398. The van der Waals surface area contributed by atoms with Crippen LogP contribution in [0.3, 0.4) is 0 Å². The zero-order chi connectivity index (χ0) is 8.91. The molecule has 0 aromatic carbocycles. The molecule has 0 radical (unpaired) electrons. The van der Waals surface area contributed by atoms with Crippen molar-refractivity contribution in [1.29, 1.82) is 0 Å². The molecule has 0 heterocycles. The molecule has 0 fully saturated rings. The van der Waals surface area contributed by atoms with Crippen LogP contribution in [0.1, 0.15) is 34.1 Å². The summed E-state index contributed by atoms with van der Waals surface area (Å²) in [5.41, 5.74) is 1.65. The van der Waals surface area contributed by atoms with Gasteiger partial charge in [-0.2, -0.15) is 0 Å². The van der Waals surface area contributed by atoms with Gasteiger partial charge in [0.05, 0.1) is 0 Å². The summed E-state index contributed by atoms with van der Waals surface area (Å²) in [7, 11) is 0. The van der Waals surface area contributed by atoms with E-state index in [1.165, 1.54) is 5.57 Å². The maximum absolute atomic E-state index is 3.85. The topological polar surface area (TPSA) is 12.0 Å². The fraction of sp³-hybridized carbons (Fsp3) is 0.800. The third-order valence-electron chi connectivity index (χ3n) is 1.38. The average molecular weight is 155 g/mol. The molecule has 0 aliphatic heterocycles. The Balaban J connectivity index is 3.22. The highest BCUT2D eigenvalue weighted by Gasteiger charge is 2.07. The lowest BCUT2D eigenvalue weighted by Crippen LogP contribution is -2.27. The highest BCUT2D eigenvalue weighted by Crippen LogP contribution is 2.10. The van der Waals surface area contributed by atoms with Crippen molar-refractivity contribution < 1.29 is 0 Å². The zero-order valence-corrected chi connectivity index (χ0v) is 8.33. The second kappa shape index (κ2) is 4.55. The van der Waals surface area contributed by atoms with Crippen LogP contribution in [0.15, 0.2) is 12.2 Å². The van der Waals surface area contributed by atoms with E-state index in [1.807, 2.05) is 0 Å². The van der Waals surface area contributed by atoms with Gasteiger partial charge in [-0.1, -0.05) is 26.3 Å². The van der Waals surface area contributed by atoms with Crippen molar-refractivity contribution in [1.82, 2.24) is 5.32 Å². The second-order valence-corrected chi connectivity index (χ2v) is 4.44. The molecule has 0 unspecified atom stereocenters. The summed E-state index contributed by atoms with van der Waals surface area (Å²) in [6.07, 6.45) is 1.09. The normalized spacial score (nSPS) is 11.6. The van der Waals surface area contributed by atoms with E-state index in [-0.39, 0.29) is 0 Å². The van der Waals surface area contributed by atoms with Gasteiger partial charge in [0.25, 0.3) is 0 Å². The molecule has 1 N–H and O–H groups in total. The zero-order valence-electron chi connectivity index (χ0n) is 8.33. The van der Waals surface area contributed by atoms with Crippen LogP contribution in [0.2, 0.25) is 0 Å². The van der Waals surface area contributed by atoms with Gasteiger partial charge in [-0.3, -0.25) is 0 Å². The lowest BCUT2D eigenvalue weighted by molar-refractivity contribution is 0.381. The van der Waals surface area contributed by atoms with E-state index < -0.39 is 0 Å². The SMILES string of the molecule is C=C(C)CCNCC(C)(C)C. The summed E-state index contributed by atoms with van der Waals surface area (Å²) in [6, 6.07) is 0. The Bertz CT molecular complexity index is 119. The van der Waals surface area contributed by atoms with E-state index >= 15 is 0 Å². The van der Waals surface area contributed by atoms with Gasteiger partial charge < -0.3 is 5.32 Å². The molecule has 1 nitrogen and oxygen atoms in total. The van der Waals surface area contributed by atoms with Gasteiger partial charge in [0.15, 0.2) is 0 Å². The summed E-state index contributed by atoms with van der Waals surface area (Å²) in [6.45, 7) is 14.8. The van der Waals surface area contributed by atoms with Crippen molar-refractivity contribution in [3.63, 3.8) is 0 Å². The van der Waals surface area contributed by atoms with E-state index in [0.717, 1.165) is 19.5 Å². The highest BCUT2D eigenvalue weighted by molar-refractivity contribution is 4.88. The molecule has 11 heavy (non-hydrogen) atoms. The first kappa shape index (κ1) is 10.7. The van der Waals surface area contributed by atoms with Crippen LogP contribution in [0.5, 0.6) is 0 Å². The van der Waals surface area contributed by atoms with E-state index in [2.05, 4.69) is 39.6 Å². The Hall–Kier alpha value is -0.300. The molecule has 0 amide bonds. The maximum atomic E-state index is 3.85. The Morgan fingerprint density at radius 1 is 1.36 bits per heavy atom. The van der Waals surface area contributed by atoms with Crippen LogP contribution in [0.4, 0.5) is 0 Å². The Morgan fingerprint density at radius 3 is 2.27 bits per heavy atom. The van der Waals surface area contributed by atoms with Crippen LogP contribution in [0.25, 0.3) is 0 Å². The van der Waals surface area contributed by atoms with E-state index in [0.29, 0.717) is 5.41 Å². The van der Waals surface area contributed by atoms with Gasteiger partial charge >= 0.3 is 0 Å². The molecule has 0 aliphatic carbocycles. The van der Waals surface area contributed by atoms with Gasteiger partial charge in [0.1, 0.15) is 0 Å². The van der Waals surface area contributed by atoms with Gasteiger partial charge in [-0.15, -0.1) is 6.58 Å². The third kappa shape index (κ3) is 9.70. The highest BCUT2D eigenvalue weighted by atomic mass is 14.9. The Morgan fingerprint density at radius 2 is 1.91 bits per heavy atom.